The highest BCUT2D eigenvalue weighted by atomic mass is 32.2. The summed E-state index contributed by atoms with van der Waals surface area (Å²) >= 11 is 0. The normalized spacial score (nSPS) is 19.7. The molecule has 0 atom stereocenters. The summed E-state index contributed by atoms with van der Waals surface area (Å²) in [5.41, 5.74) is 0.909. The van der Waals surface area contributed by atoms with Gasteiger partial charge in [0.2, 0.25) is 27.5 Å². The van der Waals surface area contributed by atoms with Gasteiger partial charge in [-0.1, -0.05) is 6.92 Å². The molecular formula is C21H27N5O3S. The maximum atomic E-state index is 12.9. The first-order chi connectivity index (χ1) is 14.4. The summed E-state index contributed by atoms with van der Waals surface area (Å²) in [4.78, 5) is 8.87. The van der Waals surface area contributed by atoms with Gasteiger partial charge in [0.15, 0.2) is 0 Å². The molecule has 1 aromatic heterocycles. The van der Waals surface area contributed by atoms with E-state index in [1.54, 1.807) is 28.6 Å². The van der Waals surface area contributed by atoms with Crippen molar-refractivity contribution in [1.29, 1.82) is 5.26 Å². The van der Waals surface area contributed by atoms with E-state index in [1.807, 2.05) is 4.90 Å². The number of piperazine rings is 1. The quantitative estimate of drug-likeness (QED) is 0.736. The van der Waals surface area contributed by atoms with Crippen LogP contribution in [0.15, 0.2) is 33.6 Å². The van der Waals surface area contributed by atoms with Crippen LogP contribution in [0, 0.1) is 17.2 Å². The van der Waals surface area contributed by atoms with Gasteiger partial charge in [0, 0.05) is 44.8 Å². The lowest BCUT2D eigenvalue weighted by Crippen LogP contribution is -2.44. The average Bonchev–Trinajstić information content (AvgIpc) is 3.19. The summed E-state index contributed by atoms with van der Waals surface area (Å²) < 4.78 is 33.3. The van der Waals surface area contributed by atoms with Gasteiger partial charge in [-0.2, -0.15) is 14.6 Å². The van der Waals surface area contributed by atoms with Gasteiger partial charge in [-0.15, -0.1) is 0 Å². The lowest BCUT2D eigenvalue weighted by molar-refractivity contribution is 0.288. The first-order valence-corrected chi connectivity index (χ1v) is 11.8. The molecule has 2 saturated heterocycles. The first kappa shape index (κ1) is 20.8. The molecule has 0 radical (unpaired) electrons. The van der Waals surface area contributed by atoms with Crippen LogP contribution in [0.1, 0.15) is 25.5 Å². The van der Waals surface area contributed by atoms with Gasteiger partial charge in [-0.05, 0) is 50.1 Å². The van der Waals surface area contributed by atoms with Crippen molar-refractivity contribution in [2.24, 2.45) is 5.92 Å². The van der Waals surface area contributed by atoms with Crippen molar-refractivity contribution in [3.8, 4) is 17.5 Å². The number of nitriles is 1. The molecule has 0 N–H and O–H groups in total. The number of likely N-dealkylation sites (N-methyl/N-ethyl adjacent to an activating group) is 1. The van der Waals surface area contributed by atoms with Gasteiger partial charge in [-0.3, -0.25) is 0 Å². The summed E-state index contributed by atoms with van der Waals surface area (Å²) in [5, 5.41) is 9.48. The number of hydrogen-bond acceptors (Lipinski definition) is 7. The molecule has 0 bridgehead atoms. The van der Waals surface area contributed by atoms with Crippen molar-refractivity contribution in [3.63, 3.8) is 0 Å². The predicted octanol–water partition coefficient (Wildman–Crippen LogP) is 2.39. The molecular weight excluding hydrogens is 402 g/mol. The molecule has 1 aromatic carbocycles. The highest BCUT2D eigenvalue weighted by Gasteiger charge is 2.28. The van der Waals surface area contributed by atoms with E-state index < -0.39 is 10.0 Å². The number of sulfonamides is 1. The third-order valence-electron chi connectivity index (χ3n) is 5.99. The molecule has 0 unspecified atom stereocenters. The van der Waals surface area contributed by atoms with E-state index in [-0.39, 0.29) is 10.6 Å². The molecule has 2 aliphatic rings. The van der Waals surface area contributed by atoms with Gasteiger partial charge in [0.25, 0.3) is 0 Å². The highest BCUT2D eigenvalue weighted by Crippen LogP contribution is 2.30. The smallest absolute Gasteiger partial charge is 0.243 e. The van der Waals surface area contributed by atoms with Crippen molar-refractivity contribution in [2.45, 2.75) is 24.7 Å². The van der Waals surface area contributed by atoms with Crippen LogP contribution in [0.5, 0.6) is 0 Å². The van der Waals surface area contributed by atoms with Gasteiger partial charge in [0.05, 0.1) is 4.90 Å². The van der Waals surface area contributed by atoms with E-state index >= 15 is 0 Å². The monoisotopic (exact) mass is 429 g/mol. The molecule has 2 aliphatic heterocycles. The van der Waals surface area contributed by atoms with E-state index in [0.717, 1.165) is 39.0 Å². The molecule has 3 heterocycles. The van der Waals surface area contributed by atoms with Crippen LogP contribution in [0.3, 0.4) is 0 Å². The van der Waals surface area contributed by atoms with Gasteiger partial charge in [-0.25, -0.2) is 8.42 Å². The topological polar surface area (TPSA) is 93.7 Å². The van der Waals surface area contributed by atoms with E-state index in [9.17, 15) is 13.7 Å². The van der Waals surface area contributed by atoms with E-state index in [0.29, 0.717) is 36.3 Å². The van der Waals surface area contributed by atoms with E-state index in [1.165, 1.54) is 0 Å². The molecule has 0 amide bonds. The lowest BCUT2D eigenvalue weighted by atomic mass is 10.0. The Hall–Kier alpha value is -2.41. The second-order valence-electron chi connectivity index (χ2n) is 8.19. The fraction of sp³-hybridized carbons (Fsp3) is 0.524. The average molecular weight is 430 g/mol. The summed E-state index contributed by atoms with van der Waals surface area (Å²) in [6.45, 7) is 6.60. The summed E-state index contributed by atoms with van der Waals surface area (Å²) in [6.07, 6.45) is 1.78. The first-order valence-electron chi connectivity index (χ1n) is 10.3. The molecule has 160 valence electrons. The van der Waals surface area contributed by atoms with E-state index in [4.69, 9.17) is 4.42 Å². The number of benzene rings is 1. The largest absolute Gasteiger partial charge is 0.419 e. The number of rotatable bonds is 4. The zero-order valence-electron chi connectivity index (χ0n) is 17.4. The van der Waals surface area contributed by atoms with Gasteiger partial charge in [0.1, 0.15) is 6.07 Å². The third-order valence-corrected chi connectivity index (χ3v) is 7.90. The number of hydrogen-bond donors (Lipinski definition) is 0. The Labute approximate surface area is 177 Å². The Morgan fingerprint density at radius 2 is 1.70 bits per heavy atom. The zero-order chi connectivity index (χ0) is 21.3. The fourth-order valence-corrected chi connectivity index (χ4v) is 5.35. The molecule has 0 spiro atoms. The number of aromatic nitrogens is 1. The van der Waals surface area contributed by atoms with Crippen molar-refractivity contribution in [1.82, 2.24) is 14.2 Å². The Balaban J connectivity index is 1.55. The van der Waals surface area contributed by atoms with Crippen molar-refractivity contribution in [2.75, 3.05) is 51.2 Å². The second kappa shape index (κ2) is 8.38. The maximum absolute atomic E-state index is 12.9. The van der Waals surface area contributed by atoms with Crippen LogP contribution in [-0.4, -0.2) is 68.9 Å². The molecule has 9 heteroatoms. The molecule has 4 rings (SSSR count). The molecule has 2 fully saturated rings. The van der Waals surface area contributed by atoms with Crippen LogP contribution in [0.25, 0.3) is 11.5 Å². The minimum Gasteiger partial charge on any atom is -0.419 e. The van der Waals surface area contributed by atoms with Crippen molar-refractivity contribution >= 4 is 15.9 Å². The summed E-state index contributed by atoms with van der Waals surface area (Å²) in [5.74, 6) is 1.38. The van der Waals surface area contributed by atoms with Crippen molar-refractivity contribution < 1.29 is 12.8 Å². The Bertz CT molecular complexity index is 1030. The Morgan fingerprint density at radius 1 is 1.07 bits per heavy atom. The summed E-state index contributed by atoms with van der Waals surface area (Å²) in [7, 11) is -1.43. The van der Waals surface area contributed by atoms with Crippen LogP contribution in [0.2, 0.25) is 0 Å². The molecule has 0 aliphatic carbocycles. The number of piperidine rings is 1. The zero-order valence-corrected chi connectivity index (χ0v) is 18.2. The second-order valence-corrected chi connectivity index (χ2v) is 10.1. The number of anilines is 1. The van der Waals surface area contributed by atoms with Crippen molar-refractivity contribution in [3.05, 3.63) is 30.0 Å². The molecule has 8 nitrogen and oxygen atoms in total. The maximum Gasteiger partial charge on any atom is 0.243 e. The third kappa shape index (κ3) is 4.08. The Morgan fingerprint density at radius 3 is 2.30 bits per heavy atom. The molecule has 0 saturated carbocycles. The van der Waals surface area contributed by atoms with Crippen LogP contribution >= 0.6 is 0 Å². The minimum atomic E-state index is -3.50. The number of oxazole rings is 1. The molecule has 30 heavy (non-hydrogen) atoms. The highest BCUT2D eigenvalue weighted by molar-refractivity contribution is 7.89. The predicted molar refractivity (Wildman–Crippen MR) is 114 cm³/mol. The standard InChI is InChI=1S/C21H27N5O3S/c1-16-7-9-26(10-8-16)30(27,28)18-5-3-17(4-6-18)20-23-19(15-22)21(29-20)25-13-11-24(2)12-14-25/h3-6,16H,7-14H2,1-2H3. The minimum absolute atomic E-state index is 0.258. The van der Waals surface area contributed by atoms with E-state index in [2.05, 4.69) is 29.9 Å². The van der Waals surface area contributed by atoms with Gasteiger partial charge >= 0.3 is 0 Å². The van der Waals surface area contributed by atoms with Gasteiger partial charge < -0.3 is 14.2 Å². The fourth-order valence-electron chi connectivity index (χ4n) is 3.88. The van der Waals surface area contributed by atoms with Crippen LogP contribution in [0.4, 0.5) is 5.88 Å². The SMILES string of the molecule is CC1CCN(S(=O)(=O)c2ccc(-c3nc(C#N)c(N4CCN(C)CC4)o3)cc2)CC1. The summed E-state index contributed by atoms with van der Waals surface area (Å²) in [6, 6.07) is 8.69. The van der Waals surface area contributed by atoms with Crippen LogP contribution in [-0.2, 0) is 10.0 Å². The van der Waals surface area contributed by atoms with Crippen LogP contribution < -0.4 is 4.90 Å². The lowest BCUT2D eigenvalue weighted by Gasteiger charge is -2.31. The molecule has 2 aromatic rings. The number of nitrogens with zero attached hydrogens (tertiary/aromatic N) is 5. The Kier molecular flexibility index (Phi) is 5.82.